The van der Waals surface area contributed by atoms with Crippen LogP contribution in [0, 0.1) is 0 Å². The summed E-state index contributed by atoms with van der Waals surface area (Å²) in [6.07, 6.45) is 4.23. The van der Waals surface area contributed by atoms with E-state index < -0.39 is 0 Å². The average molecular weight is 269 g/mol. The van der Waals surface area contributed by atoms with Crippen LogP contribution in [-0.4, -0.2) is 18.6 Å². The highest BCUT2D eigenvalue weighted by molar-refractivity contribution is 5.60. The molecule has 3 heteroatoms. The fraction of sp³-hybridized carbons (Fsp3) is 0.353. The molecule has 2 rings (SSSR count). The topological polar surface area (TPSA) is 28.2 Å². The minimum atomic E-state index is 0.867. The summed E-state index contributed by atoms with van der Waals surface area (Å²) in [6, 6.07) is 14.7. The Balaban J connectivity index is 2.28. The first-order valence-electron chi connectivity index (χ1n) is 7.27. The van der Waals surface area contributed by atoms with Crippen LogP contribution in [0.1, 0.15) is 25.3 Å². The molecule has 0 spiro atoms. The van der Waals surface area contributed by atoms with E-state index in [0.717, 1.165) is 25.3 Å². The number of aromatic nitrogens is 1. The summed E-state index contributed by atoms with van der Waals surface area (Å²) in [4.78, 5) is 6.84. The molecule has 20 heavy (non-hydrogen) atoms. The number of hydrogen-bond donors (Lipinski definition) is 1. The molecule has 3 nitrogen and oxygen atoms in total. The zero-order chi connectivity index (χ0) is 14.2. The molecule has 0 atom stereocenters. The van der Waals surface area contributed by atoms with E-state index in [1.165, 1.54) is 17.7 Å². The van der Waals surface area contributed by atoms with E-state index in [1.807, 2.05) is 19.3 Å². The number of unbranched alkanes of at least 4 members (excludes halogenated alkanes) is 1. The van der Waals surface area contributed by atoms with Crippen molar-refractivity contribution < 1.29 is 0 Å². The van der Waals surface area contributed by atoms with E-state index in [-0.39, 0.29) is 0 Å². The van der Waals surface area contributed by atoms with Crippen LogP contribution in [-0.2, 0) is 6.54 Å². The smallest absolute Gasteiger partial charge is 0.133 e. The summed E-state index contributed by atoms with van der Waals surface area (Å²) in [5, 5.41) is 3.19. The molecule has 1 aromatic carbocycles. The van der Waals surface area contributed by atoms with Crippen molar-refractivity contribution in [2.45, 2.75) is 26.3 Å². The lowest BCUT2D eigenvalue weighted by Gasteiger charge is -2.24. The summed E-state index contributed by atoms with van der Waals surface area (Å²) in [7, 11) is 1.96. The molecule has 0 aliphatic carbocycles. The maximum absolute atomic E-state index is 4.55. The van der Waals surface area contributed by atoms with Gasteiger partial charge in [-0.3, -0.25) is 0 Å². The first-order chi connectivity index (χ1) is 9.85. The van der Waals surface area contributed by atoms with Gasteiger partial charge in [-0.25, -0.2) is 4.98 Å². The fourth-order valence-electron chi connectivity index (χ4n) is 2.22. The minimum absolute atomic E-state index is 0.867. The fourth-order valence-corrected chi connectivity index (χ4v) is 2.22. The van der Waals surface area contributed by atoms with Crippen molar-refractivity contribution in [2.75, 3.05) is 18.5 Å². The third-order valence-corrected chi connectivity index (χ3v) is 3.27. The van der Waals surface area contributed by atoms with Crippen LogP contribution < -0.4 is 10.2 Å². The van der Waals surface area contributed by atoms with E-state index in [1.54, 1.807) is 0 Å². The van der Waals surface area contributed by atoms with Crippen LogP contribution in [0.25, 0.3) is 0 Å². The maximum atomic E-state index is 4.55. The third-order valence-electron chi connectivity index (χ3n) is 3.27. The van der Waals surface area contributed by atoms with Crippen LogP contribution >= 0.6 is 0 Å². The summed E-state index contributed by atoms with van der Waals surface area (Å²) in [5.41, 5.74) is 2.46. The van der Waals surface area contributed by atoms with Gasteiger partial charge >= 0.3 is 0 Å². The van der Waals surface area contributed by atoms with E-state index >= 15 is 0 Å². The van der Waals surface area contributed by atoms with E-state index in [2.05, 4.69) is 58.5 Å². The molecule has 0 amide bonds. The largest absolute Gasteiger partial charge is 0.326 e. The summed E-state index contributed by atoms with van der Waals surface area (Å²) in [5.74, 6) is 1.03. The maximum Gasteiger partial charge on any atom is 0.133 e. The predicted molar refractivity (Wildman–Crippen MR) is 85.4 cm³/mol. The Kier molecular flexibility index (Phi) is 5.56. The Morgan fingerprint density at radius 1 is 1.15 bits per heavy atom. The Hall–Kier alpha value is -1.87. The van der Waals surface area contributed by atoms with Gasteiger partial charge in [0, 0.05) is 25.0 Å². The third kappa shape index (κ3) is 3.81. The zero-order valence-corrected chi connectivity index (χ0v) is 12.3. The van der Waals surface area contributed by atoms with E-state index in [4.69, 9.17) is 0 Å². The summed E-state index contributed by atoms with van der Waals surface area (Å²) in [6.45, 7) is 4.08. The summed E-state index contributed by atoms with van der Waals surface area (Å²) >= 11 is 0. The Labute approximate surface area is 121 Å². The zero-order valence-electron chi connectivity index (χ0n) is 12.3. The van der Waals surface area contributed by atoms with Crippen LogP contribution in [0.4, 0.5) is 11.5 Å². The molecule has 106 valence electrons. The van der Waals surface area contributed by atoms with Gasteiger partial charge in [0.2, 0.25) is 0 Å². The van der Waals surface area contributed by atoms with Gasteiger partial charge in [-0.1, -0.05) is 31.5 Å². The first-order valence-corrected chi connectivity index (χ1v) is 7.27. The van der Waals surface area contributed by atoms with Gasteiger partial charge in [0.15, 0.2) is 0 Å². The van der Waals surface area contributed by atoms with Crippen molar-refractivity contribution in [3.63, 3.8) is 0 Å². The van der Waals surface area contributed by atoms with Gasteiger partial charge in [-0.05, 0) is 43.3 Å². The highest BCUT2D eigenvalue weighted by atomic mass is 15.2. The molecule has 0 saturated carbocycles. The Morgan fingerprint density at radius 2 is 1.95 bits per heavy atom. The number of anilines is 2. The number of hydrogen-bond acceptors (Lipinski definition) is 3. The van der Waals surface area contributed by atoms with Crippen molar-refractivity contribution in [1.82, 2.24) is 10.3 Å². The molecule has 0 aliphatic rings. The average Bonchev–Trinajstić information content (AvgIpc) is 2.50. The Morgan fingerprint density at radius 3 is 2.65 bits per heavy atom. The molecule has 0 bridgehead atoms. The van der Waals surface area contributed by atoms with Gasteiger partial charge < -0.3 is 10.2 Å². The number of para-hydroxylation sites is 1. The number of benzene rings is 1. The summed E-state index contributed by atoms with van der Waals surface area (Å²) < 4.78 is 0. The molecule has 0 fully saturated rings. The van der Waals surface area contributed by atoms with Gasteiger partial charge in [-0.2, -0.15) is 0 Å². The molecule has 1 aromatic heterocycles. The van der Waals surface area contributed by atoms with Crippen molar-refractivity contribution in [2.24, 2.45) is 0 Å². The van der Waals surface area contributed by atoms with E-state index in [0.29, 0.717) is 0 Å². The monoisotopic (exact) mass is 269 g/mol. The molecule has 0 saturated heterocycles. The van der Waals surface area contributed by atoms with Crippen LogP contribution in [0.5, 0.6) is 0 Å². The molecule has 0 unspecified atom stereocenters. The van der Waals surface area contributed by atoms with Crippen molar-refractivity contribution in [3.05, 3.63) is 54.2 Å². The Bertz CT molecular complexity index is 511. The number of nitrogens with one attached hydrogen (secondary N) is 1. The molecular weight excluding hydrogens is 246 g/mol. The van der Waals surface area contributed by atoms with Gasteiger partial charge in [0.1, 0.15) is 5.82 Å². The normalized spacial score (nSPS) is 10.5. The number of nitrogens with zero attached hydrogens (tertiary/aromatic N) is 2. The minimum Gasteiger partial charge on any atom is -0.326 e. The second-order valence-electron chi connectivity index (χ2n) is 4.89. The standard InChI is InChI=1S/C17H23N3/c1-3-4-12-20(16-8-6-5-7-9-16)17-13-15(14-18-2)10-11-19-17/h5-11,13,18H,3-4,12,14H2,1-2H3. The molecule has 0 radical (unpaired) electrons. The van der Waals surface area contributed by atoms with Gasteiger partial charge in [0.25, 0.3) is 0 Å². The highest BCUT2D eigenvalue weighted by Gasteiger charge is 2.10. The second kappa shape index (κ2) is 7.65. The lowest BCUT2D eigenvalue weighted by molar-refractivity contribution is 0.775. The van der Waals surface area contributed by atoms with Gasteiger partial charge in [0.05, 0.1) is 0 Å². The van der Waals surface area contributed by atoms with Crippen LogP contribution in [0.3, 0.4) is 0 Å². The highest BCUT2D eigenvalue weighted by Crippen LogP contribution is 2.24. The second-order valence-corrected chi connectivity index (χ2v) is 4.89. The van der Waals surface area contributed by atoms with Crippen molar-refractivity contribution in [1.29, 1.82) is 0 Å². The van der Waals surface area contributed by atoms with E-state index in [9.17, 15) is 0 Å². The van der Waals surface area contributed by atoms with Gasteiger partial charge in [-0.15, -0.1) is 0 Å². The SMILES string of the molecule is CCCCN(c1ccccc1)c1cc(CNC)ccn1. The molecule has 0 aliphatic heterocycles. The number of pyridine rings is 1. The predicted octanol–water partition coefficient (Wildman–Crippen LogP) is 3.74. The van der Waals surface area contributed by atoms with Crippen molar-refractivity contribution in [3.8, 4) is 0 Å². The molecule has 2 aromatic rings. The molecule has 1 N–H and O–H groups in total. The number of rotatable bonds is 7. The lowest BCUT2D eigenvalue weighted by atomic mass is 10.2. The lowest BCUT2D eigenvalue weighted by Crippen LogP contribution is -2.20. The quantitative estimate of drug-likeness (QED) is 0.830. The van der Waals surface area contributed by atoms with Crippen LogP contribution in [0.2, 0.25) is 0 Å². The molecule has 1 heterocycles. The van der Waals surface area contributed by atoms with Crippen molar-refractivity contribution >= 4 is 11.5 Å². The molecular formula is C17H23N3. The van der Waals surface area contributed by atoms with Crippen LogP contribution in [0.15, 0.2) is 48.7 Å². The first kappa shape index (κ1) is 14.5.